The fourth-order valence-corrected chi connectivity index (χ4v) is 5.72. The van der Waals surface area contributed by atoms with Crippen LogP contribution < -0.4 is 10.4 Å². The van der Waals surface area contributed by atoms with Gasteiger partial charge in [-0.1, -0.05) is 72.0 Å². The molecular formula is C20H24O4Si. The number of ether oxygens (including phenoxy) is 4. The molecule has 132 valence electrons. The number of hydrogen-bond donors (Lipinski definition) is 0. The predicted molar refractivity (Wildman–Crippen MR) is 98.9 cm³/mol. The maximum absolute atomic E-state index is 5.58. The van der Waals surface area contributed by atoms with Crippen LogP contribution in [0.15, 0.2) is 48.5 Å². The SMILES string of the molecule is C[Si](C)(c1ccc(C2OCCO2)cc1)c1ccc(C2OCCO2)cc1. The van der Waals surface area contributed by atoms with Crippen molar-refractivity contribution in [3.8, 4) is 0 Å². The van der Waals surface area contributed by atoms with Crippen molar-refractivity contribution in [3.63, 3.8) is 0 Å². The summed E-state index contributed by atoms with van der Waals surface area (Å²) in [7, 11) is -1.74. The van der Waals surface area contributed by atoms with E-state index in [0.717, 1.165) is 11.1 Å². The van der Waals surface area contributed by atoms with Gasteiger partial charge in [0.25, 0.3) is 0 Å². The molecule has 0 radical (unpaired) electrons. The highest BCUT2D eigenvalue weighted by Crippen LogP contribution is 2.24. The van der Waals surface area contributed by atoms with Crippen molar-refractivity contribution >= 4 is 18.4 Å². The van der Waals surface area contributed by atoms with Crippen molar-refractivity contribution in [3.05, 3.63) is 59.7 Å². The Labute approximate surface area is 149 Å². The molecule has 4 rings (SSSR count). The minimum absolute atomic E-state index is 0.204. The van der Waals surface area contributed by atoms with Crippen LogP contribution in [0.5, 0.6) is 0 Å². The van der Waals surface area contributed by atoms with Crippen LogP contribution in [0.1, 0.15) is 23.7 Å². The van der Waals surface area contributed by atoms with E-state index < -0.39 is 8.07 Å². The first-order valence-corrected chi connectivity index (χ1v) is 11.8. The summed E-state index contributed by atoms with van der Waals surface area (Å²) >= 11 is 0. The fourth-order valence-electron chi connectivity index (χ4n) is 3.38. The smallest absolute Gasteiger partial charge is 0.184 e. The summed E-state index contributed by atoms with van der Waals surface area (Å²) in [4.78, 5) is 0. The zero-order valence-electron chi connectivity index (χ0n) is 14.7. The van der Waals surface area contributed by atoms with Crippen LogP contribution in [0.4, 0.5) is 0 Å². The summed E-state index contributed by atoms with van der Waals surface area (Å²) < 4.78 is 22.3. The highest BCUT2D eigenvalue weighted by atomic mass is 28.3. The van der Waals surface area contributed by atoms with E-state index in [1.807, 2.05) is 0 Å². The van der Waals surface area contributed by atoms with Crippen LogP contribution in [0.25, 0.3) is 0 Å². The molecule has 0 aromatic heterocycles. The topological polar surface area (TPSA) is 36.9 Å². The monoisotopic (exact) mass is 356 g/mol. The van der Waals surface area contributed by atoms with E-state index in [0.29, 0.717) is 26.4 Å². The summed E-state index contributed by atoms with van der Waals surface area (Å²) in [5.74, 6) is 0. The third-order valence-corrected chi connectivity index (χ3v) is 8.61. The van der Waals surface area contributed by atoms with Crippen LogP contribution in [-0.2, 0) is 18.9 Å². The number of rotatable bonds is 4. The molecule has 0 saturated carbocycles. The van der Waals surface area contributed by atoms with Crippen molar-refractivity contribution < 1.29 is 18.9 Å². The first-order chi connectivity index (χ1) is 12.1. The van der Waals surface area contributed by atoms with Crippen LogP contribution >= 0.6 is 0 Å². The van der Waals surface area contributed by atoms with E-state index in [1.54, 1.807) is 0 Å². The van der Waals surface area contributed by atoms with Gasteiger partial charge in [-0.05, 0) is 0 Å². The first kappa shape index (κ1) is 16.9. The Balaban J connectivity index is 1.53. The standard InChI is InChI=1S/C20H24O4Si/c1-25(2,17-7-3-15(4-8-17)19-21-11-12-22-19)18-9-5-16(6-10-18)20-23-13-14-24-20/h3-10,19-20H,11-14H2,1-2H3. The maximum Gasteiger partial charge on any atom is 0.184 e. The summed E-state index contributed by atoms with van der Waals surface area (Å²) in [6, 6.07) is 17.4. The minimum atomic E-state index is -1.74. The van der Waals surface area contributed by atoms with Gasteiger partial charge in [0.2, 0.25) is 0 Å². The zero-order valence-corrected chi connectivity index (χ0v) is 15.7. The lowest BCUT2D eigenvalue weighted by atomic mass is 10.2. The molecule has 0 atom stereocenters. The highest BCUT2D eigenvalue weighted by molar-refractivity contribution is 7.00. The van der Waals surface area contributed by atoms with Crippen molar-refractivity contribution in [2.24, 2.45) is 0 Å². The Morgan fingerprint density at radius 1 is 0.600 bits per heavy atom. The van der Waals surface area contributed by atoms with Gasteiger partial charge in [-0.3, -0.25) is 0 Å². The Morgan fingerprint density at radius 2 is 0.920 bits per heavy atom. The molecule has 0 aliphatic carbocycles. The predicted octanol–water partition coefficient (Wildman–Crippen LogP) is 2.60. The van der Waals surface area contributed by atoms with Crippen LogP contribution in [0, 0.1) is 0 Å². The Hall–Kier alpha value is -1.50. The molecule has 0 bridgehead atoms. The molecule has 0 spiro atoms. The molecule has 2 aromatic rings. The van der Waals surface area contributed by atoms with E-state index in [1.165, 1.54) is 10.4 Å². The highest BCUT2D eigenvalue weighted by Gasteiger charge is 2.27. The molecular weight excluding hydrogens is 332 g/mol. The molecule has 2 aliphatic heterocycles. The van der Waals surface area contributed by atoms with E-state index in [9.17, 15) is 0 Å². The number of benzene rings is 2. The fraction of sp³-hybridized carbons (Fsp3) is 0.400. The molecule has 2 saturated heterocycles. The molecule has 2 aromatic carbocycles. The van der Waals surface area contributed by atoms with Gasteiger partial charge in [0.1, 0.15) is 8.07 Å². The van der Waals surface area contributed by atoms with Crippen LogP contribution in [0.2, 0.25) is 13.1 Å². The second-order valence-corrected chi connectivity index (χ2v) is 11.4. The molecule has 0 N–H and O–H groups in total. The van der Waals surface area contributed by atoms with Crippen molar-refractivity contribution in [2.45, 2.75) is 25.7 Å². The number of hydrogen-bond acceptors (Lipinski definition) is 4. The Kier molecular flexibility index (Phi) is 4.75. The molecule has 0 unspecified atom stereocenters. The van der Waals surface area contributed by atoms with Gasteiger partial charge < -0.3 is 18.9 Å². The Bertz CT molecular complexity index is 638. The van der Waals surface area contributed by atoms with Gasteiger partial charge in [0.15, 0.2) is 12.6 Å². The van der Waals surface area contributed by atoms with Crippen LogP contribution in [0.3, 0.4) is 0 Å². The second kappa shape index (κ2) is 7.01. The van der Waals surface area contributed by atoms with Gasteiger partial charge in [0.05, 0.1) is 26.4 Å². The zero-order chi connectivity index (χ0) is 17.3. The van der Waals surface area contributed by atoms with Gasteiger partial charge in [-0.2, -0.15) is 0 Å². The molecule has 0 amide bonds. The second-order valence-electron chi connectivity index (χ2n) is 7.02. The van der Waals surface area contributed by atoms with E-state index in [4.69, 9.17) is 18.9 Å². The first-order valence-electron chi connectivity index (χ1n) is 8.82. The molecule has 2 aliphatic rings. The maximum atomic E-state index is 5.58. The lowest BCUT2D eigenvalue weighted by molar-refractivity contribution is -0.0442. The lowest BCUT2D eigenvalue weighted by Gasteiger charge is -2.25. The summed E-state index contributed by atoms with van der Waals surface area (Å²) in [5, 5.41) is 2.80. The van der Waals surface area contributed by atoms with E-state index >= 15 is 0 Å². The summed E-state index contributed by atoms with van der Waals surface area (Å²) in [6.45, 7) is 7.45. The molecule has 2 fully saturated rings. The normalized spacial score (nSPS) is 19.6. The molecule has 4 nitrogen and oxygen atoms in total. The van der Waals surface area contributed by atoms with E-state index in [-0.39, 0.29) is 12.6 Å². The summed E-state index contributed by atoms with van der Waals surface area (Å²) in [6.07, 6.45) is -0.408. The largest absolute Gasteiger partial charge is 0.346 e. The van der Waals surface area contributed by atoms with Gasteiger partial charge in [0, 0.05) is 11.1 Å². The van der Waals surface area contributed by atoms with Crippen molar-refractivity contribution in [2.75, 3.05) is 26.4 Å². The third-order valence-electron chi connectivity index (χ3n) is 5.05. The average molecular weight is 356 g/mol. The van der Waals surface area contributed by atoms with E-state index in [2.05, 4.69) is 61.6 Å². The Morgan fingerprint density at radius 3 is 1.24 bits per heavy atom. The molecule has 2 heterocycles. The molecule has 5 heteroatoms. The third kappa shape index (κ3) is 3.43. The summed E-state index contributed by atoms with van der Waals surface area (Å²) in [5.41, 5.74) is 2.19. The lowest BCUT2D eigenvalue weighted by Crippen LogP contribution is -2.52. The van der Waals surface area contributed by atoms with Gasteiger partial charge in [-0.25, -0.2) is 0 Å². The van der Waals surface area contributed by atoms with Crippen molar-refractivity contribution in [1.82, 2.24) is 0 Å². The van der Waals surface area contributed by atoms with Gasteiger partial charge >= 0.3 is 0 Å². The van der Waals surface area contributed by atoms with Crippen molar-refractivity contribution in [1.29, 1.82) is 0 Å². The average Bonchev–Trinajstić information content (AvgIpc) is 3.36. The van der Waals surface area contributed by atoms with Gasteiger partial charge in [-0.15, -0.1) is 0 Å². The van der Waals surface area contributed by atoms with Crippen LogP contribution in [-0.4, -0.2) is 34.5 Å². The molecule has 25 heavy (non-hydrogen) atoms. The quantitative estimate of drug-likeness (QED) is 0.789. The minimum Gasteiger partial charge on any atom is -0.346 e.